The van der Waals surface area contributed by atoms with Crippen LogP contribution in [0.15, 0.2) is 18.2 Å². The highest BCUT2D eigenvalue weighted by molar-refractivity contribution is 7.90. The van der Waals surface area contributed by atoms with Gasteiger partial charge in [0.15, 0.2) is 0 Å². The molecule has 3 N–H and O–H groups in total. The Morgan fingerprint density at radius 3 is 2.71 bits per heavy atom. The van der Waals surface area contributed by atoms with Gasteiger partial charge in [0.05, 0.1) is 17.0 Å². The summed E-state index contributed by atoms with van der Waals surface area (Å²) in [6, 6.07) is 3.87. The Morgan fingerprint density at radius 1 is 1.47 bits per heavy atom. The van der Waals surface area contributed by atoms with Crippen LogP contribution >= 0.6 is 0 Å². The lowest BCUT2D eigenvalue weighted by Gasteiger charge is -2.07. The normalized spacial score (nSPS) is 11.2. The van der Waals surface area contributed by atoms with Crippen LogP contribution in [0.5, 0.6) is 0 Å². The third kappa shape index (κ3) is 4.03. The first-order valence-corrected chi connectivity index (χ1v) is 6.87. The Bertz CT molecular complexity index is 528. The summed E-state index contributed by atoms with van der Waals surface area (Å²) in [5, 5.41) is 2.36. The minimum absolute atomic E-state index is 0.00139. The number of carbonyl (C=O) groups is 1. The molecule has 1 aromatic carbocycles. The van der Waals surface area contributed by atoms with Crippen molar-refractivity contribution < 1.29 is 17.6 Å². The van der Waals surface area contributed by atoms with Crippen molar-refractivity contribution in [2.75, 3.05) is 24.3 Å². The van der Waals surface area contributed by atoms with Gasteiger partial charge in [-0.25, -0.2) is 12.8 Å². The monoisotopic (exact) mass is 260 g/mol. The highest BCUT2D eigenvalue weighted by atomic mass is 32.2. The van der Waals surface area contributed by atoms with E-state index < -0.39 is 21.6 Å². The number of benzene rings is 1. The Hall–Kier alpha value is -1.63. The molecule has 94 valence electrons. The average molecular weight is 260 g/mol. The molecule has 0 atom stereocenters. The minimum atomic E-state index is -3.14. The van der Waals surface area contributed by atoms with E-state index in [0.29, 0.717) is 0 Å². The summed E-state index contributed by atoms with van der Waals surface area (Å²) in [5.41, 5.74) is 5.14. The predicted octanol–water partition coefficient (Wildman–Crippen LogP) is 0.182. The largest absolute Gasteiger partial charge is 0.396 e. The number of para-hydroxylation sites is 1. The Morgan fingerprint density at radius 2 is 2.12 bits per heavy atom. The molecule has 17 heavy (non-hydrogen) atoms. The molecule has 0 bridgehead atoms. The van der Waals surface area contributed by atoms with E-state index in [9.17, 15) is 17.6 Å². The van der Waals surface area contributed by atoms with Crippen molar-refractivity contribution in [3.05, 3.63) is 29.6 Å². The minimum Gasteiger partial charge on any atom is -0.396 e. The van der Waals surface area contributed by atoms with Crippen molar-refractivity contribution in [2.45, 2.75) is 0 Å². The van der Waals surface area contributed by atoms with Gasteiger partial charge in [-0.05, 0) is 12.1 Å². The molecule has 7 heteroatoms. The summed E-state index contributed by atoms with van der Waals surface area (Å²) in [7, 11) is -3.14. The zero-order valence-electron chi connectivity index (χ0n) is 9.23. The fourth-order valence-electron chi connectivity index (χ4n) is 1.18. The molecule has 0 aliphatic heterocycles. The van der Waals surface area contributed by atoms with Crippen LogP contribution in [0.4, 0.5) is 10.1 Å². The molecule has 0 heterocycles. The van der Waals surface area contributed by atoms with Crippen LogP contribution in [0.2, 0.25) is 0 Å². The summed E-state index contributed by atoms with van der Waals surface area (Å²) in [4.78, 5) is 11.6. The fourth-order valence-corrected chi connectivity index (χ4v) is 1.65. The van der Waals surface area contributed by atoms with E-state index in [0.717, 1.165) is 12.3 Å². The van der Waals surface area contributed by atoms with E-state index in [-0.39, 0.29) is 23.5 Å². The number of nitrogens with two attached hydrogens (primary N) is 1. The Balaban J connectivity index is 2.68. The lowest BCUT2D eigenvalue weighted by Crippen LogP contribution is -2.29. The van der Waals surface area contributed by atoms with E-state index in [1.807, 2.05) is 0 Å². The molecule has 0 unspecified atom stereocenters. The fraction of sp³-hybridized carbons (Fsp3) is 0.300. The molecule has 5 nitrogen and oxygen atoms in total. The number of hydrogen-bond donors (Lipinski definition) is 2. The number of carbonyl (C=O) groups excluding carboxylic acids is 1. The summed E-state index contributed by atoms with van der Waals surface area (Å²) in [5.74, 6) is -1.44. The SMILES string of the molecule is CS(=O)(=O)CCNC(=O)c1cccc(F)c1N. The first-order valence-electron chi connectivity index (χ1n) is 4.81. The molecule has 0 spiro atoms. The Labute approximate surface area is 98.7 Å². The quantitative estimate of drug-likeness (QED) is 0.756. The highest BCUT2D eigenvalue weighted by Gasteiger charge is 2.12. The molecule has 0 saturated heterocycles. The molecule has 0 saturated carbocycles. The molecule has 0 fully saturated rings. The van der Waals surface area contributed by atoms with E-state index in [1.165, 1.54) is 12.1 Å². The standard InChI is InChI=1S/C10H13FN2O3S/c1-17(15,16)6-5-13-10(14)7-3-2-4-8(11)9(7)12/h2-4H,5-6,12H2,1H3,(H,13,14). The smallest absolute Gasteiger partial charge is 0.253 e. The number of sulfone groups is 1. The third-order valence-corrected chi connectivity index (χ3v) is 3.00. The molecule has 0 aliphatic rings. The van der Waals surface area contributed by atoms with Crippen molar-refractivity contribution in [2.24, 2.45) is 0 Å². The molecule has 1 rings (SSSR count). The predicted molar refractivity (Wildman–Crippen MR) is 62.9 cm³/mol. The maximum atomic E-state index is 13.1. The van der Waals surface area contributed by atoms with Crippen LogP contribution in [-0.4, -0.2) is 32.9 Å². The maximum absolute atomic E-state index is 13.1. The van der Waals surface area contributed by atoms with Gasteiger partial charge in [-0.2, -0.15) is 0 Å². The average Bonchev–Trinajstić information content (AvgIpc) is 2.20. The van der Waals surface area contributed by atoms with Gasteiger partial charge < -0.3 is 11.1 Å². The number of amides is 1. The zero-order chi connectivity index (χ0) is 13.1. The molecule has 1 aromatic rings. The van der Waals surface area contributed by atoms with Crippen molar-refractivity contribution >= 4 is 21.4 Å². The molecule has 0 aromatic heterocycles. The van der Waals surface area contributed by atoms with Crippen molar-refractivity contribution in [3.63, 3.8) is 0 Å². The van der Waals surface area contributed by atoms with E-state index in [4.69, 9.17) is 5.73 Å². The van der Waals surface area contributed by atoms with Crippen LogP contribution in [0.1, 0.15) is 10.4 Å². The topological polar surface area (TPSA) is 89.3 Å². The van der Waals surface area contributed by atoms with E-state index >= 15 is 0 Å². The summed E-state index contributed by atoms with van der Waals surface area (Å²) >= 11 is 0. The van der Waals surface area contributed by atoms with Crippen LogP contribution in [0.25, 0.3) is 0 Å². The summed E-state index contributed by atoms with van der Waals surface area (Å²) in [6.07, 6.45) is 1.07. The first kappa shape index (κ1) is 13.4. The lowest BCUT2D eigenvalue weighted by atomic mass is 10.1. The van der Waals surface area contributed by atoms with E-state index in [2.05, 4.69) is 5.32 Å². The van der Waals surface area contributed by atoms with Gasteiger partial charge in [-0.15, -0.1) is 0 Å². The summed E-state index contributed by atoms with van der Waals surface area (Å²) < 4.78 is 34.7. The highest BCUT2D eigenvalue weighted by Crippen LogP contribution is 2.15. The van der Waals surface area contributed by atoms with Crippen LogP contribution in [-0.2, 0) is 9.84 Å². The molecule has 1 amide bonds. The second kappa shape index (κ2) is 5.13. The maximum Gasteiger partial charge on any atom is 0.253 e. The van der Waals surface area contributed by atoms with Gasteiger partial charge >= 0.3 is 0 Å². The molecule has 0 aliphatic carbocycles. The number of rotatable bonds is 4. The van der Waals surface area contributed by atoms with Gasteiger partial charge in [0, 0.05) is 12.8 Å². The first-order chi connectivity index (χ1) is 7.81. The number of hydrogen-bond acceptors (Lipinski definition) is 4. The Kier molecular flexibility index (Phi) is 4.06. The van der Waals surface area contributed by atoms with Gasteiger partial charge in [0.1, 0.15) is 15.7 Å². The van der Waals surface area contributed by atoms with Gasteiger partial charge in [0.25, 0.3) is 5.91 Å². The van der Waals surface area contributed by atoms with Crippen LogP contribution in [0.3, 0.4) is 0 Å². The number of nitrogen functional groups attached to an aromatic ring is 1. The van der Waals surface area contributed by atoms with Crippen molar-refractivity contribution in [1.29, 1.82) is 0 Å². The number of anilines is 1. The third-order valence-electron chi connectivity index (χ3n) is 2.06. The molecule has 0 radical (unpaired) electrons. The second-order valence-electron chi connectivity index (χ2n) is 3.59. The van der Waals surface area contributed by atoms with Gasteiger partial charge in [-0.1, -0.05) is 6.07 Å². The van der Waals surface area contributed by atoms with Crippen LogP contribution < -0.4 is 11.1 Å². The van der Waals surface area contributed by atoms with Crippen molar-refractivity contribution in [3.8, 4) is 0 Å². The molecular weight excluding hydrogens is 247 g/mol. The van der Waals surface area contributed by atoms with Crippen molar-refractivity contribution in [1.82, 2.24) is 5.32 Å². The lowest BCUT2D eigenvalue weighted by molar-refractivity contribution is 0.0956. The van der Waals surface area contributed by atoms with Crippen LogP contribution in [0, 0.1) is 5.82 Å². The number of nitrogens with one attached hydrogen (secondary N) is 1. The zero-order valence-corrected chi connectivity index (χ0v) is 10.1. The van der Waals surface area contributed by atoms with Gasteiger partial charge in [-0.3, -0.25) is 4.79 Å². The number of halogens is 1. The molecular formula is C10H13FN2O3S. The summed E-state index contributed by atoms with van der Waals surface area (Å²) in [6.45, 7) is -0.0341. The van der Waals surface area contributed by atoms with E-state index in [1.54, 1.807) is 0 Å². The second-order valence-corrected chi connectivity index (χ2v) is 5.85. The van der Waals surface area contributed by atoms with Gasteiger partial charge in [0.2, 0.25) is 0 Å².